The summed E-state index contributed by atoms with van der Waals surface area (Å²) in [6, 6.07) is 11.7. The van der Waals surface area contributed by atoms with Gasteiger partial charge in [-0.05, 0) is 35.9 Å². The van der Waals surface area contributed by atoms with Gasteiger partial charge in [0.15, 0.2) is 6.10 Å². The first-order valence-corrected chi connectivity index (χ1v) is 8.61. The van der Waals surface area contributed by atoms with Crippen LogP contribution in [0.15, 0.2) is 54.6 Å². The number of phenols is 2. The fourth-order valence-corrected chi connectivity index (χ4v) is 3.02. The van der Waals surface area contributed by atoms with E-state index in [1.165, 1.54) is 18.2 Å². The number of carboxylic acid groups (broad SMARTS) is 1. The Morgan fingerprint density at radius 2 is 1.69 bits per heavy atom. The molecule has 0 amide bonds. The molecule has 1 fully saturated rings. The van der Waals surface area contributed by atoms with Gasteiger partial charge in [0, 0.05) is 6.07 Å². The summed E-state index contributed by atoms with van der Waals surface area (Å²) in [4.78, 5) is 11.7. The van der Waals surface area contributed by atoms with Crippen LogP contribution in [-0.2, 0) is 9.53 Å². The van der Waals surface area contributed by atoms with Crippen molar-refractivity contribution in [3.63, 3.8) is 0 Å². The smallest absolute Gasteiger partial charge is 0.336 e. The third-order valence-corrected chi connectivity index (χ3v) is 4.45. The van der Waals surface area contributed by atoms with Gasteiger partial charge in [0.05, 0.1) is 0 Å². The molecule has 1 heterocycles. The van der Waals surface area contributed by atoms with Crippen molar-refractivity contribution in [2.45, 2.75) is 30.2 Å². The fourth-order valence-electron chi connectivity index (χ4n) is 3.02. The summed E-state index contributed by atoms with van der Waals surface area (Å²) in [7, 11) is 0. The number of aromatic hydroxyl groups is 2. The highest BCUT2D eigenvalue weighted by Crippen LogP contribution is 2.34. The number of aliphatic carboxylic acids is 1. The van der Waals surface area contributed by atoms with E-state index >= 15 is 0 Å². The van der Waals surface area contributed by atoms with Crippen LogP contribution in [0.4, 0.5) is 0 Å². The van der Waals surface area contributed by atoms with Crippen molar-refractivity contribution in [1.82, 2.24) is 0 Å². The minimum absolute atomic E-state index is 0.212. The molecule has 0 saturated carbocycles. The molecule has 154 valence electrons. The zero-order chi connectivity index (χ0) is 21.2. The predicted octanol–water partition coefficient (Wildman–Crippen LogP) is 0.452. The number of para-hydroxylation sites is 1. The molecule has 0 aliphatic carbocycles. The third kappa shape index (κ3) is 4.33. The maximum absolute atomic E-state index is 11.7. The van der Waals surface area contributed by atoms with Crippen molar-refractivity contribution >= 4 is 12.0 Å². The summed E-state index contributed by atoms with van der Waals surface area (Å²) in [6.07, 6.45) is -5.19. The monoisotopic (exact) mass is 404 g/mol. The highest BCUT2D eigenvalue weighted by Gasteiger charge is 2.57. The summed E-state index contributed by atoms with van der Waals surface area (Å²) in [5, 5.41) is 60.2. The first kappa shape index (κ1) is 20.6. The Labute approximate surface area is 165 Å². The summed E-state index contributed by atoms with van der Waals surface area (Å²) >= 11 is 0. The van der Waals surface area contributed by atoms with Crippen LogP contribution < -0.4 is 4.74 Å². The van der Waals surface area contributed by atoms with Crippen LogP contribution in [0.3, 0.4) is 0 Å². The molecule has 3 rings (SSSR count). The van der Waals surface area contributed by atoms with E-state index in [1.54, 1.807) is 30.3 Å². The fraction of sp³-hybridized carbons (Fsp3) is 0.250. The lowest BCUT2D eigenvalue weighted by Gasteiger charge is -2.45. The Morgan fingerprint density at radius 1 is 1.07 bits per heavy atom. The second-order valence-corrected chi connectivity index (χ2v) is 6.59. The average molecular weight is 404 g/mol. The Morgan fingerprint density at radius 3 is 2.28 bits per heavy atom. The molecule has 1 saturated heterocycles. The van der Waals surface area contributed by atoms with Gasteiger partial charge in [0.25, 0.3) is 0 Å². The molecule has 0 radical (unpaired) electrons. The first-order chi connectivity index (χ1) is 13.7. The molecule has 0 aromatic heterocycles. The Hall–Kier alpha value is -3.11. The highest BCUT2D eigenvalue weighted by atomic mass is 16.7. The second kappa shape index (κ2) is 8.10. The van der Waals surface area contributed by atoms with E-state index in [9.17, 15) is 35.4 Å². The number of carbonyl (C=O) groups is 1. The summed E-state index contributed by atoms with van der Waals surface area (Å²) < 4.78 is 10.7. The summed E-state index contributed by atoms with van der Waals surface area (Å²) in [5.41, 5.74) is -2.31. The van der Waals surface area contributed by atoms with Crippen molar-refractivity contribution in [2.75, 3.05) is 0 Å². The van der Waals surface area contributed by atoms with E-state index in [0.717, 1.165) is 12.1 Å². The zero-order valence-electron chi connectivity index (χ0n) is 15.0. The standard InChI is InChI=1S/C20H20O9/c21-12-8-11(9-13(22)10-12)6-7-20(27)16(24)15(23)19(29-17(20)18(25)26)28-14-4-2-1-3-5-14/h1-10,15-17,19,21-24,27H,(H,25,26). The van der Waals surface area contributed by atoms with E-state index in [2.05, 4.69) is 0 Å². The molecule has 6 N–H and O–H groups in total. The van der Waals surface area contributed by atoms with Gasteiger partial charge in [-0.2, -0.15) is 0 Å². The SMILES string of the molecule is O=C(O)C1OC(Oc2ccccc2)C(O)C(O)C1(O)C=Cc1cc(O)cc(O)c1. The summed E-state index contributed by atoms with van der Waals surface area (Å²) in [6.45, 7) is 0. The minimum atomic E-state index is -2.52. The van der Waals surface area contributed by atoms with Crippen LogP contribution in [0.1, 0.15) is 5.56 Å². The molecule has 1 aliphatic heterocycles. The quantitative estimate of drug-likeness (QED) is 0.416. The van der Waals surface area contributed by atoms with Crippen LogP contribution >= 0.6 is 0 Å². The number of aliphatic hydroxyl groups is 3. The molecule has 2 aromatic rings. The Bertz CT molecular complexity index is 878. The van der Waals surface area contributed by atoms with Crippen LogP contribution in [0.5, 0.6) is 17.2 Å². The third-order valence-electron chi connectivity index (χ3n) is 4.45. The van der Waals surface area contributed by atoms with Gasteiger partial charge >= 0.3 is 5.97 Å². The van der Waals surface area contributed by atoms with Crippen LogP contribution in [0, 0.1) is 0 Å². The second-order valence-electron chi connectivity index (χ2n) is 6.59. The lowest BCUT2D eigenvalue weighted by molar-refractivity contribution is -0.291. The van der Waals surface area contributed by atoms with Gasteiger partial charge in [0.1, 0.15) is 35.1 Å². The van der Waals surface area contributed by atoms with E-state index in [0.29, 0.717) is 0 Å². The van der Waals surface area contributed by atoms with E-state index in [4.69, 9.17) is 9.47 Å². The highest BCUT2D eigenvalue weighted by molar-refractivity contribution is 5.76. The Kier molecular flexibility index (Phi) is 5.76. The van der Waals surface area contributed by atoms with Crippen molar-refractivity contribution in [3.8, 4) is 17.2 Å². The van der Waals surface area contributed by atoms with Crippen molar-refractivity contribution < 1.29 is 44.9 Å². The molecular formula is C20H20O9. The number of hydrogen-bond acceptors (Lipinski definition) is 8. The molecule has 9 nitrogen and oxygen atoms in total. The molecule has 1 aliphatic rings. The van der Waals surface area contributed by atoms with E-state index < -0.39 is 36.2 Å². The van der Waals surface area contributed by atoms with Crippen molar-refractivity contribution in [1.29, 1.82) is 0 Å². The number of hydrogen-bond donors (Lipinski definition) is 6. The molecule has 5 unspecified atom stereocenters. The molecule has 2 aromatic carbocycles. The molecule has 0 bridgehead atoms. The van der Waals surface area contributed by atoms with Crippen molar-refractivity contribution in [2.24, 2.45) is 0 Å². The van der Waals surface area contributed by atoms with Gasteiger partial charge in [-0.1, -0.05) is 24.3 Å². The predicted molar refractivity (Wildman–Crippen MR) is 99.1 cm³/mol. The molecule has 9 heteroatoms. The molecule has 0 spiro atoms. The maximum Gasteiger partial charge on any atom is 0.336 e. The number of benzene rings is 2. The van der Waals surface area contributed by atoms with Gasteiger partial charge < -0.3 is 40.1 Å². The Balaban J connectivity index is 1.89. The van der Waals surface area contributed by atoms with Gasteiger partial charge in [-0.15, -0.1) is 0 Å². The van der Waals surface area contributed by atoms with Gasteiger partial charge in [-0.25, -0.2) is 4.79 Å². The minimum Gasteiger partial charge on any atom is -0.508 e. The number of aliphatic hydroxyl groups excluding tert-OH is 2. The van der Waals surface area contributed by atoms with E-state index in [1.807, 2.05) is 0 Å². The molecule has 5 atom stereocenters. The zero-order valence-corrected chi connectivity index (χ0v) is 15.0. The number of rotatable bonds is 5. The van der Waals surface area contributed by atoms with Gasteiger partial charge in [-0.3, -0.25) is 0 Å². The molecular weight excluding hydrogens is 384 g/mol. The number of carboxylic acids is 1. The summed E-state index contributed by atoms with van der Waals surface area (Å²) in [5.74, 6) is -1.85. The lowest BCUT2D eigenvalue weighted by Crippen LogP contribution is -2.68. The van der Waals surface area contributed by atoms with Gasteiger partial charge in [0.2, 0.25) is 6.29 Å². The lowest BCUT2D eigenvalue weighted by atomic mass is 9.83. The normalized spacial score (nSPS) is 29.6. The number of phenolic OH excluding ortho intramolecular Hbond substituents is 2. The topological polar surface area (TPSA) is 157 Å². The maximum atomic E-state index is 11.7. The van der Waals surface area contributed by atoms with Crippen LogP contribution in [-0.4, -0.2) is 66.8 Å². The average Bonchev–Trinajstić information content (AvgIpc) is 2.67. The molecule has 29 heavy (non-hydrogen) atoms. The number of ether oxygens (including phenoxy) is 2. The first-order valence-electron chi connectivity index (χ1n) is 8.61. The largest absolute Gasteiger partial charge is 0.508 e. The van der Waals surface area contributed by atoms with Crippen LogP contribution in [0.25, 0.3) is 6.08 Å². The van der Waals surface area contributed by atoms with Crippen LogP contribution in [0.2, 0.25) is 0 Å². The van der Waals surface area contributed by atoms with Crippen molar-refractivity contribution in [3.05, 3.63) is 60.2 Å². The van der Waals surface area contributed by atoms with E-state index in [-0.39, 0.29) is 22.8 Å².